The predicted octanol–water partition coefficient (Wildman–Crippen LogP) is 3.59. The quantitative estimate of drug-likeness (QED) is 0.439. The molecule has 1 heterocycles. The number of rotatable bonds is 6. The van der Waals surface area contributed by atoms with E-state index in [0.717, 1.165) is 13.0 Å². The Morgan fingerprint density at radius 2 is 2.16 bits per heavy atom. The number of guanidine groups is 1. The third kappa shape index (κ3) is 7.15. The Bertz CT molecular complexity index is 372. The van der Waals surface area contributed by atoms with E-state index >= 15 is 0 Å². The van der Waals surface area contributed by atoms with Gasteiger partial charge >= 0.3 is 0 Å². The lowest BCUT2D eigenvalue weighted by Crippen LogP contribution is -2.34. The van der Waals surface area contributed by atoms with E-state index in [2.05, 4.69) is 55.5 Å². The summed E-state index contributed by atoms with van der Waals surface area (Å²) in [7, 11) is 0. The van der Waals surface area contributed by atoms with E-state index in [1.54, 1.807) is 11.3 Å². The maximum absolute atomic E-state index is 5.86. The Hall–Kier alpha value is -0.300. The van der Waals surface area contributed by atoms with Crippen molar-refractivity contribution in [3.8, 4) is 0 Å². The van der Waals surface area contributed by atoms with E-state index in [1.807, 2.05) is 0 Å². The summed E-state index contributed by atoms with van der Waals surface area (Å²) in [5.74, 6) is 1.24. The lowest BCUT2D eigenvalue weighted by molar-refractivity contribution is 0.546. The Morgan fingerprint density at radius 3 is 2.68 bits per heavy atom. The Balaban J connectivity index is 0.00000324. The molecule has 0 fully saturated rings. The zero-order chi connectivity index (χ0) is 13.6. The molecule has 1 rings (SSSR count). The van der Waals surface area contributed by atoms with E-state index in [-0.39, 0.29) is 29.4 Å². The van der Waals surface area contributed by atoms with Crippen molar-refractivity contribution in [1.82, 2.24) is 5.32 Å². The van der Waals surface area contributed by atoms with Crippen LogP contribution in [0.25, 0.3) is 0 Å². The van der Waals surface area contributed by atoms with Gasteiger partial charge in [-0.05, 0) is 23.8 Å². The molecule has 3 nitrogen and oxygen atoms in total. The van der Waals surface area contributed by atoms with Crippen LogP contribution in [-0.2, 0) is 5.41 Å². The van der Waals surface area contributed by atoms with Gasteiger partial charge in [0, 0.05) is 16.8 Å². The maximum atomic E-state index is 5.86. The van der Waals surface area contributed by atoms with Crippen LogP contribution in [0.3, 0.4) is 0 Å². The van der Waals surface area contributed by atoms with Gasteiger partial charge in [0.25, 0.3) is 0 Å². The number of aliphatic imine (C=N–C) groups is 1. The summed E-state index contributed by atoms with van der Waals surface area (Å²) in [4.78, 5) is 5.79. The number of nitrogens with zero attached hydrogens (tertiary/aromatic N) is 1. The predicted molar refractivity (Wildman–Crippen MR) is 96.7 cm³/mol. The van der Waals surface area contributed by atoms with Gasteiger partial charge in [0.1, 0.15) is 0 Å². The first-order valence-electron chi connectivity index (χ1n) is 6.49. The largest absolute Gasteiger partial charge is 0.370 e. The highest BCUT2D eigenvalue weighted by Crippen LogP contribution is 2.27. The van der Waals surface area contributed by atoms with E-state index in [0.29, 0.717) is 18.4 Å². The van der Waals surface area contributed by atoms with Crippen molar-refractivity contribution in [2.45, 2.75) is 39.5 Å². The van der Waals surface area contributed by atoms with Crippen molar-refractivity contribution in [3.63, 3.8) is 0 Å². The molecule has 0 saturated heterocycles. The molecular weight excluding hydrogens is 369 g/mol. The summed E-state index contributed by atoms with van der Waals surface area (Å²) in [5.41, 5.74) is 5.92. The van der Waals surface area contributed by atoms with Gasteiger partial charge < -0.3 is 11.1 Å². The first kappa shape index (κ1) is 18.7. The molecule has 0 aromatic carbocycles. The van der Waals surface area contributed by atoms with Crippen LogP contribution >= 0.6 is 35.3 Å². The van der Waals surface area contributed by atoms with Crippen molar-refractivity contribution in [2.75, 3.05) is 13.1 Å². The Labute approximate surface area is 138 Å². The van der Waals surface area contributed by atoms with Gasteiger partial charge in [-0.3, -0.25) is 4.99 Å². The topological polar surface area (TPSA) is 50.4 Å². The third-order valence-electron chi connectivity index (χ3n) is 2.86. The summed E-state index contributed by atoms with van der Waals surface area (Å²) < 4.78 is 0. The second kappa shape index (κ2) is 8.79. The molecular formula is C14H26IN3S. The van der Waals surface area contributed by atoms with Crippen molar-refractivity contribution < 1.29 is 0 Å². The molecule has 0 saturated carbocycles. The normalized spacial score (nSPS) is 12.4. The minimum absolute atomic E-state index is 0. The van der Waals surface area contributed by atoms with E-state index in [9.17, 15) is 0 Å². The number of hydrogen-bond acceptors (Lipinski definition) is 2. The summed E-state index contributed by atoms with van der Waals surface area (Å²) >= 11 is 1.77. The van der Waals surface area contributed by atoms with Gasteiger partial charge in [-0.25, -0.2) is 0 Å². The van der Waals surface area contributed by atoms with Crippen molar-refractivity contribution in [2.24, 2.45) is 16.6 Å². The number of nitrogens with two attached hydrogens (primary N) is 1. The fourth-order valence-electron chi connectivity index (χ4n) is 1.57. The van der Waals surface area contributed by atoms with Crippen molar-refractivity contribution in [1.29, 1.82) is 0 Å². The molecule has 0 spiro atoms. The van der Waals surface area contributed by atoms with Crippen LogP contribution in [0.5, 0.6) is 0 Å². The van der Waals surface area contributed by atoms with Crippen LogP contribution < -0.4 is 11.1 Å². The molecule has 0 bridgehead atoms. The van der Waals surface area contributed by atoms with Crippen LogP contribution in [0.4, 0.5) is 0 Å². The molecule has 1 aromatic rings. The zero-order valence-electron chi connectivity index (χ0n) is 12.3. The summed E-state index contributed by atoms with van der Waals surface area (Å²) in [5, 5.41) is 5.27. The number of thiophene rings is 1. The number of hydrogen-bond donors (Lipinski definition) is 2. The molecule has 0 radical (unpaired) electrons. The molecule has 0 aliphatic rings. The van der Waals surface area contributed by atoms with E-state index < -0.39 is 0 Å². The van der Waals surface area contributed by atoms with E-state index in [1.165, 1.54) is 4.88 Å². The molecule has 110 valence electrons. The van der Waals surface area contributed by atoms with Crippen LogP contribution in [-0.4, -0.2) is 19.0 Å². The second-order valence-electron chi connectivity index (χ2n) is 5.67. The average molecular weight is 395 g/mol. The Kier molecular flexibility index (Phi) is 8.65. The van der Waals surface area contributed by atoms with Crippen LogP contribution in [0.1, 0.15) is 39.0 Å². The standard InChI is InChI=1S/C14H25N3S.HI/c1-11(2)7-8-16-13(15)17-10-14(3,4)12-6-5-9-18-12;/h5-6,9,11H,7-8,10H2,1-4H3,(H3,15,16,17);1H. The monoisotopic (exact) mass is 395 g/mol. The summed E-state index contributed by atoms with van der Waals surface area (Å²) in [6.45, 7) is 10.4. The molecule has 3 N–H and O–H groups in total. The third-order valence-corrected chi connectivity index (χ3v) is 4.10. The average Bonchev–Trinajstić information content (AvgIpc) is 2.80. The van der Waals surface area contributed by atoms with Crippen LogP contribution in [0.2, 0.25) is 0 Å². The highest BCUT2D eigenvalue weighted by Gasteiger charge is 2.21. The zero-order valence-corrected chi connectivity index (χ0v) is 15.4. The van der Waals surface area contributed by atoms with Gasteiger partial charge in [-0.1, -0.05) is 33.8 Å². The summed E-state index contributed by atoms with van der Waals surface area (Å²) in [6.07, 6.45) is 1.12. The minimum Gasteiger partial charge on any atom is -0.370 e. The molecule has 0 amide bonds. The van der Waals surface area contributed by atoms with Crippen molar-refractivity contribution >= 4 is 41.3 Å². The van der Waals surface area contributed by atoms with Gasteiger partial charge in [0.2, 0.25) is 0 Å². The molecule has 0 aliphatic heterocycles. The highest BCUT2D eigenvalue weighted by molar-refractivity contribution is 14.0. The van der Waals surface area contributed by atoms with Crippen LogP contribution in [0, 0.1) is 5.92 Å². The van der Waals surface area contributed by atoms with Crippen LogP contribution in [0.15, 0.2) is 22.5 Å². The second-order valence-corrected chi connectivity index (χ2v) is 6.62. The number of nitrogens with one attached hydrogen (secondary N) is 1. The highest BCUT2D eigenvalue weighted by atomic mass is 127. The minimum atomic E-state index is 0. The maximum Gasteiger partial charge on any atom is 0.188 e. The van der Waals surface area contributed by atoms with Gasteiger partial charge in [0.05, 0.1) is 6.54 Å². The summed E-state index contributed by atoms with van der Waals surface area (Å²) in [6, 6.07) is 4.23. The lowest BCUT2D eigenvalue weighted by Gasteiger charge is -2.21. The molecule has 1 aromatic heterocycles. The molecule has 5 heteroatoms. The van der Waals surface area contributed by atoms with Crippen molar-refractivity contribution in [3.05, 3.63) is 22.4 Å². The molecule has 0 aliphatic carbocycles. The molecule has 0 atom stereocenters. The van der Waals surface area contributed by atoms with Gasteiger partial charge in [-0.2, -0.15) is 0 Å². The first-order valence-corrected chi connectivity index (χ1v) is 7.37. The number of halogens is 1. The van der Waals surface area contributed by atoms with Gasteiger partial charge in [-0.15, -0.1) is 35.3 Å². The fraction of sp³-hybridized carbons (Fsp3) is 0.643. The van der Waals surface area contributed by atoms with E-state index in [4.69, 9.17) is 5.73 Å². The fourth-order valence-corrected chi connectivity index (χ4v) is 2.41. The van der Waals surface area contributed by atoms with Gasteiger partial charge in [0.15, 0.2) is 5.96 Å². The Morgan fingerprint density at radius 1 is 1.47 bits per heavy atom. The lowest BCUT2D eigenvalue weighted by atomic mass is 9.92. The first-order chi connectivity index (χ1) is 8.42. The molecule has 19 heavy (non-hydrogen) atoms. The SMILES string of the molecule is CC(C)CCNC(N)=NCC(C)(C)c1cccs1.I. The smallest absolute Gasteiger partial charge is 0.188 e. The molecule has 0 unspecified atom stereocenters.